The molecule has 2 aliphatic carbocycles. The first-order chi connectivity index (χ1) is 8.68. The highest BCUT2D eigenvalue weighted by Gasteiger charge is 2.50. The standard InChI is InChI=1S/C18H35N/c1-6-14-9-7-8-10-15(14)18(19)12-16(2,3)11-17(4,5)13-18/h14-15H,6-13,19H2,1-5H3. The molecule has 0 saturated heterocycles. The molecule has 0 amide bonds. The number of nitrogens with two attached hydrogens (primary N) is 1. The largest absolute Gasteiger partial charge is 0.325 e. The Balaban J connectivity index is 2.24. The number of hydrogen-bond donors (Lipinski definition) is 1. The molecule has 2 aliphatic rings. The summed E-state index contributed by atoms with van der Waals surface area (Å²) < 4.78 is 0. The second-order valence-corrected chi connectivity index (χ2v) is 9.15. The van der Waals surface area contributed by atoms with E-state index in [1.54, 1.807) is 0 Å². The first-order valence-electron chi connectivity index (χ1n) is 8.46. The van der Waals surface area contributed by atoms with Crippen LogP contribution in [0, 0.1) is 22.7 Å². The maximum Gasteiger partial charge on any atom is 0.0195 e. The van der Waals surface area contributed by atoms with Gasteiger partial charge in [0.2, 0.25) is 0 Å². The first-order valence-corrected chi connectivity index (χ1v) is 8.46. The smallest absolute Gasteiger partial charge is 0.0195 e. The molecule has 0 aliphatic heterocycles. The third-order valence-corrected chi connectivity index (χ3v) is 5.74. The maximum absolute atomic E-state index is 7.05. The zero-order valence-electron chi connectivity index (χ0n) is 13.9. The van der Waals surface area contributed by atoms with E-state index in [-0.39, 0.29) is 5.54 Å². The van der Waals surface area contributed by atoms with E-state index in [0.717, 1.165) is 11.8 Å². The molecule has 1 heteroatoms. The quantitative estimate of drug-likeness (QED) is 0.735. The fourth-order valence-corrected chi connectivity index (χ4v) is 5.98. The Kier molecular flexibility index (Phi) is 4.09. The summed E-state index contributed by atoms with van der Waals surface area (Å²) in [5.74, 6) is 1.65. The minimum atomic E-state index is 0.0896. The average molecular weight is 265 g/mol. The van der Waals surface area contributed by atoms with E-state index in [0.29, 0.717) is 10.8 Å². The molecule has 0 aromatic carbocycles. The van der Waals surface area contributed by atoms with Crippen molar-refractivity contribution in [2.45, 2.75) is 91.5 Å². The molecule has 0 aromatic heterocycles. The second kappa shape index (κ2) is 5.06. The summed E-state index contributed by atoms with van der Waals surface area (Å²) in [5, 5.41) is 0. The third kappa shape index (κ3) is 3.35. The molecule has 2 unspecified atom stereocenters. The van der Waals surface area contributed by atoms with Crippen molar-refractivity contribution >= 4 is 0 Å². The summed E-state index contributed by atoms with van der Waals surface area (Å²) in [6.07, 6.45) is 10.7. The second-order valence-electron chi connectivity index (χ2n) is 9.15. The first kappa shape index (κ1) is 15.4. The zero-order chi connectivity index (χ0) is 14.3. The summed E-state index contributed by atoms with van der Waals surface area (Å²) in [6.45, 7) is 12.1. The van der Waals surface area contributed by atoms with Gasteiger partial charge in [-0.05, 0) is 48.3 Å². The van der Waals surface area contributed by atoms with Gasteiger partial charge >= 0.3 is 0 Å². The van der Waals surface area contributed by atoms with Crippen LogP contribution in [0.1, 0.15) is 86.0 Å². The minimum Gasteiger partial charge on any atom is -0.325 e. The fourth-order valence-electron chi connectivity index (χ4n) is 5.98. The maximum atomic E-state index is 7.05. The topological polar surface area (TPSA) is 26.0 Å². The molecule has 0 aromatic rings. The lowest BCUT2D eigenvalue weighted by atomic mass is 9.52. The van der Waals surface area contributed by atoms with Gasteiger partial charge in [0.05, 0.1) is 0 Å². The molecule has 2 fully saturated rings. The van der Waals surface area contributed by atoms with Gasteiger partial charge in [-0.3, -0.25) is 0 Å². The molecule has 2 N–H and O–H groups in total. The van der Waals surface area contributed by atoms with Gasteiger partial charge in [0, 0.05) is 5.54 Å². The summed E-state index contributed by atoms with van der Waals surface area (Å²) in [7, 11) is 0. The molecular formula is C18H35N. The van der Waals surface area contributed by atoms with Crippen LogP contribution in [0.4, 0.5) is 0 Å². The average Bonchev–Trinajstić information content (AvgIpc) is 2.24. The van der Waals surface area contributed by atoms with Crippen LogP contribution in [0.25, 0.3) is 0 Å². The van der Waals surface area contributed by atoms with Crippen molar-refractivity contribution in [2.75, 3.05) is 0 Å². The molecule has 2 rings (SSSR count). The van der Waals surface area contributed by atoms with E-state index < -0.39 is 0 Å². The van der Waals surface area contributed by atoms with Crippen molar-refractivity contribution in [1.82, 2.24) is 0 Å². The van der Waals surface area contributed by atoms with Gasteiger partial charge in [-0.15, -0.1) is 0 Å². The monoisotopic (exact) mass is 265 g/mol. The van der Waals surface area contributed by atoms with Gasteiger partial charge in [0.25, 0.3) is 0 Å². The summed E-state index contributed by atoms with van der Waals surface area (Å²) in [4.78, 5) is 0. The normalized spacial score (nSPS) is 36.9. The van der Waals surface area contributed by atoms with Crippen molar-refractivity contribution in [3.8, 4) is 0 Å². The summed E-state index contributed by atoms with van der Waals surface area (Å²) in [6, 6.07) is 0. The molecule has 0 bridgehead atoms. The predicted molar refractivity (Wildman–Crippen MR) is 84.1 cm³/mol. The Morgan fingerprint density at radius 1 is 0.895 bits per heavy atom. The number of hydrogen-bond acceptors (Lipinski definition) is 1. The van der Waals surface area contributed by atoms with E-state index in [9.17, 15) is 0 Å². The van der Waals surface area contributed by atoms with E-state index in [1.165, 1.54) is 51.4 Å². The van der Waals surface area contributed by atoms with Crippen molar-refractivity contribution in [3.05, 3.63) is 0 Å². The van der Waals surface area contributed by atoms with Gasteiger partial charge in [0.15, 0.2) is 0 Å². The summed E-state index contributed by atoms with van der Waals surface area (Å²) in [5.41, 5.74) is 7.96. The van der Waals surface area contributed by atoms with Crippen LogP contribution in [0.15, 0.2) is 0 Å². The highest BCUT2D eigenvalue weighted by molar-refractivity contribution is 5.05. The van der Waals surface area contributed by atoms with E-state index >= 15 is 0 Å². The van der Waals surface area contributed by atoms with Crippen LogP contribution < -0.4 is 5.73 Å². The Labute approximate surface area is 120 Å². The van der Waals surface area contributed by atoms with Gasteiger partial charge in [0.1, 0.15) is 0 Å². The SMILES string of the molecule is CCC1CCCCC1C1(N)CC(C)(C)CC(C)(C)C1. The molecule has 2 atom stereocenters. The van der Waals surface area contributed by atoms with Crippen LogP contribution in [-0.4, -0.2) is 5.54 Å². The molecule has 0 heterocycles. The van der Waals surface area contributed by atoms with E-state index in [2.05, 4.69) is 34.6 Å². The third-order valence-electron chi connectivity index (χ3n) is 5.74. The Hall–Kier alpha value is -0.0400. The highest BCUT2D eigenvalue weighted by Crippen LogP contribution is 2.54. The predicted octanol–water partition coefficient (Wildman–Crippen LogP) is 5.14. The van der Waals surface area contributed by atoms with Crippen molar-refractivity contribution < 1.29 is 0 Å². The van der Waals surface area contributed by atoms with Gasteiger partial charge in [-0.2, -0.15) is 0 Å². The number of rotatable bonds is 2. The highest BCUT2D eigenvalue weighted by atomic mass is 14.8. The summed E-state index contributed by atoms with van der Waals surface area (Å²) >= 11 is 0. The van der Waals surface area contributed by atoms with Gasteiger partial charge in [-0.1, -0.05) is 60.3 Å². The Bertz CT molecular complexity index is 300. The Morgan fingerprint density at radius 3 is 1.95 bits per heavy atom. The molecule has 112 valence electrons. The molecule has 2 saturated carbocycles. The molecule has 1 nitrogen and oxygen atoms in total. The Morgan fingerprint density at radius 2 is 1.42 bits per heavy atom. The van der Waals surface area contributed by atoms with Gasteiger partial charge < -0.3 is 5.73 Å². The lowest BCUT2D eigenvalue weighted by molar-refractivity contribution is -0.0115. The van der Waals surface area contributed by atoms with Crippen LogP contribution in [0.5, 0.6) is 0 Å². The van der Waals surface area contributed by atoms with Crippen LogP contribution in [-0.2, 0) is 0 Å². The van der Waals surface area contributed by atoms with Crippen LogP contribution in [0.2, 0.25) is 0 Å². The van der Waals surface area contributed by atoms with E-state index in [4.69, 9.17) is 5.73 Å². The molecule has 19 heavy (non-hydrogen) atoms. The minimum absolute atomic E-state index is 0.0896. The lowest BCUT2D eigenvalue weighted by Gasteiger charge is -2.56. The molecule has 0 spiro atoms. The lowest BCUT2D eigenvalue weighted by Crippen LogP contribution is -2.58. The molecular weight excluding hydrogens is 230 g/mol. The van der Waals surface area contributed by atoms with Gasteiger partial charge in [-0.25, -0.2) is 0 Å². The van der Waals surface area contributed by atoms with Crippen molar-refractivity contribution in [2.24, 2.45) is 28.4 Å². The zero-order valence-corrected chi connectivity index (χ0v) is 13.9. The fraction of sp³-hybridized carbons (Fsp3) is 1.00. The van der Waals surface area contributed by atoms with Crippen molar-refractivity contribution in [3.63, 3.8) is 0 Å². The van der Waals surface area contributed by atoms with E-state index in [1.807, 2.05) is 0 Å². The van der Waals surface area contributed by atoms with Crippen LogP contribution in [0.3, 0.4) is 0 Å². The molecule has 0 radical (unpaired) electrons. The van der Waals surface area contributed by atoms with Crippen molar-refractivity contribution in [1.29, 1.82) is 0 Å². The van der Waals surface area contributed by atoms with Crippen LogP contribution >= 0.6 is 0 Å².